The molecule has 1 amide bonds. The van der Waals surface area contributed by atoms with E-state index in [9.17, 15) is 4.79 Å². The molecule has 0 heterocycles. The molecule has 108 valence electrons. The monoisotopic (exact) mass is 272 g/mol. The summed E-state index contributed by atoms with van der Waals surface area (Å²) in [5.41, 5.74) is 8.70. The summed E-state index contributed by atoms with van der Waals surface area (Å²) >= 11 is 0. The van der Waals surface area contributed by atoms with E-state index in [1.807, 2.05) is 11.9 Å². The molecule has 1 saturated carbocycles. The van der Waals surface area contributed by atoms with E-state index in [2.05, 4.69) is 24.3 Å². The number of amides is 1. The molecule has 3 heteroatoms. The van der Waals surface area contributed by atoms with Gasteiger partial charge in [0.2, 0.25) is 5.91 Å². The van der Waals surface area contributed by atoms with Crippen molar-refractivity contribution in [2.45, 2.75) is 50.6 Å². The average molecular weight is 272 g/mol. The van der Waals surface area contributed by atoms with Crippen LogP contribution in [0.4, 0.5) is 0 Å². The SMILES string of the molecule is CN(C(=O)C1CCC(N)C1)C1CCCc2ccccc21. The van der Waals surface area contributed by atoms with Gasteiger partial charge in [-0.2, -0.15) is 0 Å². The predicted octanol–water partition coefficient (Wildman–Crippen LogP) is 2.65. The molecule has 0 aliphatic heterocycles. The van der Waals surface area contributed by atoms with Crippen LogP contribution in [-0.2, 0) is 11.2 Å². The Kier molecular flexibility index (Phi) is 3.79. The fraction of sp³-hybridized carbons (Fsp3) is 0.588. The highest BCUT2D eigenvalue weighted by Gasteiger charge is 2.33. The lowest BCUT2D eigenvalue weighted by Crippen LogP contribution is -2.37. The lowest BCUT2D eigenvalue weighted by Gasteiger charge is -2.34. The molecule has 3 unspecified atom stereocenters. The second-order valence-corrected chi connectivity index (χ2v) is 6.33. The fourth-order valence-electron chi connectivity index (χ4n) is 3.81. The van der Waals surface area contributed by atoms with E-state index in [4.69, 9.17) is 5.73 Å². The van der Waals surface area contributed by atoms with Crippen LogP contribution in [0.1, 0.15) is 49.3 Å². The van der Waals surface area contributed by atoms with E-state index < -0.39 is 0 Å². The molecule has 0 spiro atoms. The molecule has 3 atom stereocenters. The predicted molar refractivity (Wildman–Crippen MR) is 80.2 cm³/mol. The number of carbonyl (C=O) groups excluding carboxylic acids is 1. The van der Waals surface area contributed by atoms with Gasteiger partial charge in [0.1, 0.15) is 0 Å². The second kappa shape index (κ2) is 5.57. The first-order chi connectivity index (χ1) is 9.66. The maximum absolute atomic E-state index is 12.7. The second-order valence-electron chi connectivity index (χ2n) is 6.33. The molecule has 0 aromatic heterocycles. The van der Waals surface area contributed by atoms with Crippen molar-refractivity contribution in [3.8, 4) is 0 Å². The number of hydrogen-bond acceptors (Lipinski definition) is 2. The molecule has 2 aliphatic rings. The van der Waals surface area contributed by atoms with Gasteiger partial charge < -0.3 is 10.6 Å². The topological polar surface area (TPSA) is 46.3 Å². The molecule has 20 heavy (non-hydrogen) atoms. The Morgan fingerprint density at radius 2 is 2.05 bits per heavy atom. The van der Waals surface area contributed by atoms with Crippen LogP contribution in [0.2, 0.25) is 0 Å². The molecule has 3 rings (SSSR count). The van der Waals surface area contributed by atoms with Gasteiger partial charge in [-0.25, -0.2) is 0 Å². The van der Waals surface area contributed by atoms with Gasteiger partial charge >= 0.3 is 0 Å². The number of carbonyl (C=O) groups is 1. The summed E-state index contributed by atoms with van der Waals surface area (Å²) in [5.74, 6) is 0.434. The van der Waals surface area contributed by atoms with Crippen molar-refractivity contribution in [1.29, 1.82) is 0 Å². The molecule has 0 bridgehead atoms. The van der Waals surface area contributed by atoms with Crippen molar-refractivity contribution in [2.75, 3.05) is 7.05 Å². The zero-order valence-electron chi connectivity index (χ0n) is 12.2. The summed E-state index contributed by atoms with van der Waals surface area (Å²) in [4.78, 5) is 14.7. The Morgan fingerprint density at radius 1 is 1.25 bits per heavy atom. The average Bonchev–Trinajstić information content (AvgIpc) is 2.91. The van der Waals surface area contributed by atoms with Crippen LogP contribution >= 0.6 is 0 Å². The molecule has 0 saturated heterocycles. The summed E-state index contributed by atoms with van der Waals surface area (Å²) in [6.07, 6.45) is 6.20. The summed E-state index contributed by atoms with van der Waals surface area (Å²) in [6.45, 7) is 0. The highest BCUT2D eigenvalue weighted by molar-refractivity contribution is 5.79. The minimum atomic E-state index is 0.143. The van der Waals surface area contributed by atoms with Gasteiger partial charge in [0.15, 0.2) is 0 Å². The third-order valence-corrected chi connectivity index (χ3v) is 4.98. The van der Waals surface area contributed by atoms with E-state index in [1.165, 1.54) is 17.5 Å². The quantitative estimate of drug-likeness (QED) is 0.899. The van der Waals surface area contributed by atoms with Crippen molar-refractivity contribution in [2.24, 2.45) is 11.7 Å². The maximum atomic E-state index is 12.7. The van der Waals surface area contributed by atoms with E-state index >= 15 is 0 Å². The number of aryl methyl sites for hydroxylation is 1. The van der Waals surface area contributed by atoms with Crippen LogP contribution in [0.3, 0.4) is 0 Å². The van der Waals surface area contributed by atoms with Crippen molar-refractivity contribution < 1.29 is 4.79 Å². The van der Waals surface area contributed by atoms with Crippen LogP contribution in [0.25, 0.3) is 0 Å². The van der Waals surface area contributed by atoms with Gasteiger partial charge in [0.25, 0.3) is 0 Å². The highest BCUT2D eigenvalue weighted by Crippen LogP contribution is 2.35. The fourth-order valence-corrected chi connectivity index (χ4v) is 3.81. The minimum absolute atomic E-state index is 0.143. The Labute approximate surface area is 121 Å². The smallest absolute Gasteiger partial charge is 0.225 e. The number of nitrogens with two attached hydrogens (primary N) is 1. The Hall–Kier alpha value is -1.35. The van der Waals surface area contributed by atoms with E-state index in [0.29, 0.717) is 5.91 Å². The van der Waals surface area contributed by atoms with Crippen LogP contribution < -0.4 is 5.73 Å². The molecule has 3 nitrogen and oxygen atoms in total. The summed E-state index contributed by atoms with van der Waals surface area (Å²) in [7, 11) is 1.97. The molecule has 1 aromatic rings. The highest BCUT2D eigenvalue weighted by atomic mass is 16.2. The van der Waals surface area contributed by atoms with Gasteiger partial charge in [-0.3, -0.25) is 4.79 Å². The van der Waals surface area contributed by atoms with E-state index in [-0.39, 0.29) is 18.0 Å². The zero-order chi connectivity index (χ0) is 14.1. The largest absolute Gasteiger partial charge is 0.338 e. The first kappa shape index (κ1) is 13.6. The van der Waals surface area contributed by atoms with Crippen molar-refractivity contribution in [1.82, 2.24) is 4.90 Å². The van der Waals surface area contributed by atoms with Gasteiger partial charge in [-0.05, 0) is 49.7 Å². The van der Waals surface area contributed by atoms with Crippen molar-refractivity contribution in [3.05, 3.63) is 35.4 Å². The van der Waals surface area contributed by atoms with Crippen LogP contribution in [0, 0.1) is 5.92 Å². The molecule has 1 fully saturated rings. The maximum Gasteiger partial charge on any atom is 0.225 e. The van der Waals surface area contributed by atoms with Crippen molar-refractivity contribution in [3.63, 3.8) is 0 Å². The molecular formula is C17H24N2O. The van der Waals surface area contributed by atoms with Crippen LogP contribution in [0.5, 0.6) is 0 Å². The first-order valence-electron chi connectivity index (χ1n) is 7.77. The third kappa shape index (κ3) is 2.47. The number of hydrogen-bond donors (Lipinski definition) is 1. The van der Waals surface area contributed by atoms with Gasteiger partial charge in [-0.15, -0.1) is 0 Å². The first-order valence-corrected chi connectivity index (χ1v) is 7.77. The van der Waals surface area contributed by atoms with E-state index in [1.54, 1.807) is 0 Å². The third-order valence-electron chi connectivity index (χ3n) is 4.98. The Morgan fingerprint density at radius 3 is 2.80 bits per heavy atom. The number of nitrogens with zero attached hydrogens (tertiary/aromatic N) is 1. The number of fused-ring (bicyclic) bond motifs is 1. The molecule has 0 radical (unpaired) electrons. The summed E-state index contributed by atoms with van der Waals surface area (Å²) in [6, 6.07) is 9.04. The van der Waals surface area contributed by atoms with E-state index in [0.717, 1.165) is 32.1 Å². The molecule has 2 N–H and O–H groups in total. The number of rotatable bonds is 2. The van der Waals surface area contributed by atoms with Crippen LogP contribution in [-0.4, -0.2) is 23.9 Å². The molecular weight excluding hydrogens is 248 g/mol. The molecule has 1 aromatic carbocycles. The van der Waals surface area contributed by atoms with Crippen molar-refractivity contribution >= 4 is 5.91 Å². The van der Waals surface area contributed by atoms with Gasteiger partial charge in [0.05, 0.1) is 6.04 Å². The number of benzene rings is 1. The normalized spacial score (nSPS) is 29.0. The zero-order valence-corrected chi connectivity index (χ0v) is 12.2. The Bertz CT molecular complexity index is 500. The lowest BCUT2D eigenvalue weighted by molar-refractivity contribution is -0.136. The van der Waals surface area contributed by atoms with Crippen LogP contribution in [0.15, 0.2) is 24.3 Å². The molecule has 2 aliphatic carbocycles. The summed E-state index contributed by atoms with van der Waals surface area (Å²) < 4.78 is 0. The lowest BCUT2D eigenvalue weighted by atomic mass is 9.86. The van der Waals surface area contributed by atoms with Gasteiger partial charge in [0, 0.05) is 19.0 Å². The standard InChI is InChI=1S/C17H24N2O/c1-19(17(20)13-9-10-14(18)11-13)16-8-4-6-12-5-2-3-7-15(12)16/h2-3,5,7,13-14,16H,4,6,8-11,18H2,1H3. The van der Waals surface area contributed by atoms with Gasteiger partial charge in [-0.1, -0.05) is 24.3 Å². The minimum Gasteiger partial charge on any atom is -0.338 e. The Balaban J connectivity index is 1.78. The summed E-state index contributed by atoms with van der Waals surface area (Å²) in [5, 5.41) is 0.